The number of nitrogens with one attached hydrogen (secondary N) is 3. The first kappa shape index (κ1) is 29.0. The van der Waals surface area contributed by atoms with Crippen molar-refractivity contribution in [1.29, 1.82) is 0 Å². The summed E-state index contributed by atoms with van der Waals surface area (Å²) in [5.41, 5.74) is -0.273. The van der Waals surface area contributed by atoms with Gasteiger partial charge in [0, 0.05) is 37.1 Å². The monoisotopic (exact) mass is 603 g/mol. The highest BCUT2D eigenvalue weighted by atomic mass is 35.5. The van der Waals surface area contributed by atoms with Crippen molar-refractivity contribution < 1.29 is 22.7 Å². The number of nitrogens with zero attached hydrogens (tertiary/aromatic N) is 6. The number of alkyl halides is 3. The van der Waals surface area contributed by atoms with Gasteiger partial charge in [-0.3, -0.25) is 20.2 Å². The van der Waals surface area contributed by atoms with Crippen LogP contribution in [-0.2, 0) is 18.0 Å². The number of amides is 1. The molecule has 16 heteroatoms. The van der Waals surface area contributed by atoms with E-state index in [9.17, 15) is 22.8 Å². The molecule has 1 aliphatic rings. The minimum Gasteiger partial charge on any atom is -0.446 e. The smallest absolute Gasteiger partial charge is 0.420 e. The Bertz CT molecular complexity index is 1650. The van der Waals surface area contributed by atoms with Gasteiger partial charge in [-0.1, -0.05) is 11.6 Å². The summed E-state index contributed by atoms with van der Waals surface area (Å²) in [6, 6.07) is 3.02. The van der Waals surface area contributed by atoms with E-state index in [1.807, 2.05) is 0 Å². The number of pyridine rings is 1. The fourth-order valence-electron chi connectivity index (χ4n) is 4.45. The minimum absolute atomic E-state index is 0.00900. The van der Waals surface area contributed by atoms with Crippen molar-refractivity contribution in [3.05, 3.63) is 63.6 Å². The lowest BCUT2D eigenvalue weighted by atomic mass is 9.93. The molecule has 0 atom stereocenters. The number of aromatic amines is 1. The van der Waals surface area contributed by atoms with Crippen LogP contribution in [0.15, 0.2) is 41.7 Å². The second kappa shape index (κ2) is 11.8. The van der Waals surface area contributed by atoms with E-state index in [0.717, 1.165) is 0 Å². The second-order valence-electron chi connectivity index (χ2n) is 9.76. The molecule has 1 fully saturated rings. The fourth-order valence-corrected chi connectivity index (χ4v) is 4.63. The maximum atomic E-state index is 13.6. The Balaban J connectivity index is 1.15. The first-order valence-electron chi connectivity index (χ1n) is 12.9. The van der Waals surface area contributed by atoms with E-state index in [1.54, 1.807) is 26.2 Å². The number of carbonyl (C=O) groups is 1. The van der Waals surface area contributed by atoms with Gasteiger partial charge in [-0.05, 0) is 38.7 Å². The van der Waals surface area contributed by atoms with Crippen LogP contribution in [0.3, 0.4) is 0 Å². The van der Waals surface area contributed by atoms with Crippen molar-refractivity contribution in [3.63, 3.8) is 0 Å². The third-order valence-corrected chi connectivity index (χ3v) is 7.22. The number of carbonyl (C=O) groups excluding carboxylic acids is 1. The summed E-state index contributed by atoms with van der Waals surface area (Å²) in [5.74, 6) is 0.195. The van der Waals surface area contributed by atoms with Crippen molar-refractivity contribution in [3.8, 4) is 22.6 Å². The molecular weight excluding hydrogens is 579 g/mol. The predicted molar refractivity (Wildman–Crippen MR) is 147 cm³/mol. The fraction of sp³-hybridized carbons (Fsp3) is 0.346. The third kappa shape index (κ3) is 6.51. The molecule has 220 valence electrons. The van der Waals surface area contributed by atoms with Gasteiger partial charge in [0.05, 0.1) is 28.8 Å². The highest BCUT2D eigenvalue weighted by Crippen LogP contribution is 2.38. The van der Waals surface area contributed by atoms with Crippen molar-refractivity contribution in [2.75, 3.05) is 10.6 Å². The number of aromatic nitrogens is 7. The van der Waals surface area contributed by atoms with E-state index < -0.39 is 23.5 Å². The Hall–Kier alpha value is -4.53. The van der Waals surface area contributed by atoms with E-state index in [1.165, 1.54) is 23.0 Å². The van der Waals surface area contributed by atoms with Crippen LogP contribution in [-0.4, -0.2) is 52.9 Å². The van der Waals surface area contributed by atoms with E-state index in [0.29, 0.717) is 48.8 Å². The van der Waals surface area contributed by atoms with Crippen molar-refractivity contribution in [2.24, 2.45) is 7.05 Å². The van der Waals surface area contributed by atoms with E-state index in [4.69, 9.17) is 16.3 Å². The lowest BCUT2D eigenvalue weighted by Crippen LogP contribution is -2.32. The molecule has 0 aromatic carbocycles. The first-order valence-corrected chi connectivity index (χ1v) is 13.2. The maximum Gasteiger partial charge on any atom is 0.420 e. The number of hydrogen-bond donors (Lipinski definition) is 3. The van der Waals surface area contributed by atoms with Gasteiger partial charge in [-0.15, -0.1) is 0 Å². The lowest BCUT2D eigenvalue weighted by molar-refractivity contribution is -0.137. The number of rotatable bonds is 6. The number of aryl methyl sites for hydroxylation is 2. The summed E-state index contributed by atoms with van der Waals surface area (Å²) < 4.78 is 47.8. The lowest BCUT2D eigenvalue weighted by Gasteiger charge is -2.29. The number of H-pyrrole nitrogens is 1. The van der Waals surface area contributed by atoms with Gasteiger partial charge < -0.3 is 14.6 Å². The molecular formula is C26H25ClF3N9O3. The van der Waals surface area contributed by atoms with Gasteiger partial charge in [-0.25, -0.2) is 19.7 Å². The molecule has 0 aliphatic heterocycles. The quantitative estimate of drug-likeness (QED) is 0.277. The summed E-state index contributed by atoms with van der Waals surface area (Å²) >= 11 is 6.15. The molecule has 0 unspecified atom stereocenters. The number of ether oxygens (including phenoxy) is 1. The SMILES string of the molecule is Cc1[nH]nc(-c2nc(N[C@H]3CC[C@H](OC(=O)Nc4cnc(-c5ccn(C)c(=O)c5)cn4)CC3)ncc2C(F)(F)F)c1Cl. The van der Waals surface area contributed by atoms with Crippen LogP contribution in [0, 0.1) is 6.92 Å². The molecule has 0 bridgehead atoms. The average molecular weight is 604 g/mol. The van der Waals surface area contributed by atoms with Crippen LogP contribution in [0.25, 0.3) is 22.6 Å². The van der Waals surface area contributed by atoms with Crippen molar-refractivity contribution >= 4 is 29.5 Å². The molecule has 12 nitrogen and oxygen atoms in total. The van der Waals surface area contributed by atoms with E-state index in [2.05, 4.69) is 40.8 Å². The molecule has 3 N–H and O–H groups in total. The Morgan fingerprint density at radius 1 is 1.12 bits per heavy atom. The molecule has 42 heavy (non-hydrogen) atoms. The highest BCUT2D eigenvalue weighted by Gasteiger charge is 2.37. The van der Waals surface area contributed by atoms with Gasteiger partial charge in [0.2, 0.25) is 5.95 Å². The molecule has 1 saturated carbocycles. The summed E-state index contributed by atoms with van der Waals surface area (Å²) in [7, 11) is 1.64. The minimum atomic E-state index is -4.70. The van der Waals surface area contributed by atoms with Gasteiger partial charge >= 0.3 is 12.3 Å². The van der Waals surface area contributed by atoms with Crippen molar-refractivity contribution in [1.82, 2.24) is 34.7 Å². The van der Waals surface area contributed by atoms with Crippen LogP contribution in [0.2, 0.25) is 5.02 Å². The molecule has 0 radical (unpaired) electrons. The summed E-state index contributed by atoms with van der Waals surface area (Å²) in [5, 5.41) is 12.1. The summed E-state index contributed by atoms with van der Waals surface area (Å²) in [6.45, 7) is 1.59. The zero-order valence-electron chi connectivity index (χ0n) is 22.4. The Morgan fingerprint density at radius 2 is 1.88 bits per heavy atom. The largest absolute Gasteiger partial charge is 0.446 e. The maximum absolute atomic E-state index is 13.6. The molecule has 0 saturated heterocycles. The zero-order valence-corrected chi connectivity index (χ0v) is 23.1. The number of halogens is 4. The summed E-state index contributed by atoms with van der Waals surface area (Å²) in [4.78, 5) is 40.6. The number of hydrogen-bond acceptors (Lipinski definition) is 9. The van der Waals surface area contributed by atoms with Crippen molar-refractivity contribution in [2.45, 2.75) is 50.9 Å². The van der Waals surface area contributed by atoms with Crippen LogP contribution in [0.5, 0.6) is 0 Å². The molecule has 4 heterocycles. The average Bonchev–Trinajstić information content (AvgIpc) is 3.28. The summed E-state index contributed by atoms with van der Waals surface area (Å²) in [6.07, 6.45) is 1.52. The highest BCUT2D eigenvalue weighted by molar-refractivity contribution is 6.33. The van der Waals surface area contributed by atoms with Crippen LogP contribution in [0.1, 0.15) is 36.9 Å². The Morgan fingerprint density at radius 3 is 2.50 bits per heavy atom. The zero-order chi connectivity index (χ0) is 30.0. The second-order valence-corrected chi connectivity index (χ2v) is 10.1. The molecule has 4 aromatic heterocycles. The molecule has 1 aliphatic carbocycles. The van der Waals surface area contributed by atoms with Crippen LogP contribution < -0.4 is 16.2 Å². The van der Waals surface area contributed by atoms with Crippen LogP contribution >= 0.6 is 11.6 Å². The van der Waals surface area contributed by atoms with Gasteiger partial charge in [0.25, 0.3) is 5.56 Å². The normalized spacial score (nSPS) is 17.1. The first-order chi connectivity index (χ1) is 20.0. The Labute approximate surface area is 241 Å². The Kier molecular flexibility index (Phi) is 8.11. The van der Waals surface area contributed by atoms with Crippen LogP contribution in [0.4, 0.5) is 29.7 Å². The predicted octanol–water partition coefficient (Wildman–Crippen LogP) is 4.97. The van der Waals surface area contributed by atoms with Gasteiger partial charge in [0.15, 0.2) is 5.82 Å². The van der Waals surface area contributed by atoms with E-state index >= 15 is 0 Å². The molecule has 0 spiro atoms. The van der Waals surface area contributed by atoms with Gasteiger partial charge in [-0.2, -0.15) is 18.3 Å². The van der Waals surface area contributed by atoms with E-state index in [-0.39, 0.29) is 40.2 Å². The van der Waals surface area contributed by atoms with Gasteiger partial charge in [0.1, 0.15) is 23.1 Å². The molecule has 4 aromatic rings. The molecule has 5 rings (SSSR count). The topological polar surface area (TPSA) is 153 Å². The number of anilines is 2. The molecule has 1 amide bonds. The third-order valence-electron chi connectivity index (χ3n) is 6.75. The standard InChI is InChI=1S/C26H25ClF3N9O3/c1-13-21(27)23(38-37-13)22-17(26(28,29)30)10-33-24(36-22)34-15-3-5-16(6-4-15)42-25(41)35-19-12-31-18(11-32-19)14-7-8-39(2)20(40)9-14/h7-12,15-16H,3-6H2,1-2H3,(H,37,38)(H,32,35,41)(H,33,34,36)/t15-,16-.